The fourth-order valence-corrected chi connectivity index (χ4v) is 4.15. The highest BCUT2D eigenvalue weighted by Crippen LogP contribution is 2.33. The van der Waals surface area contributed by atoms with Crippen LogP contribution in [0.4, 0.5) is 0 Å². The number of guanidine groups is 1. The van der Waals surface area contributed by atoms with Gasteiger partial charge in [0.05, 0.1) is 12.5 Å². The molecule has 2 rings (SSSR count). The zero-order valence-electron chi connectivity index (χ0n) is 15.2. The summed E-state index contributed by atoms with van der Waals surface area (Å²) in [5.41, 5.74) is 0. The van der Waals surface area contributed by atoms with Gasteiger partial charge in [-0.25, -0.2) is 0 Å². The van der Waals surface area contributed by atoms with Gasteiger partial charge in [-0.1, -0.05) is 0 Å². The molecule has 6 nitrogen and oxygen atoms in total. The minimum absolute atomic E-state index is 0.0346. The van der Waals surface area contributed by atoms with Gasteiger partial charge in [-0.2, -0.15) is 11.8 Å². The van der Waals surface area contributed by atoms with E-state index in [1.165, 1.54) is 0 Å². The summed E-state index contributed by atoms with van der Waals surface area (Å²) in [4.78, 5) is 18.6. The predicted octanol–water partition coefficient (Wildman–Crippen LogP) is 1.75. The first-order valence-electron chi connectivity index (χ1n) is 8.89. The Balaban J connectivity index is 1.83. The van der Waals surface area contributed by atoms with Gasteiger partial charge in [0.15, 0.2) is 5.96 Å². The van der Waals surface area contributed by atoms with Crippen LogP contribution in [-0.4, -0.2) is 74.3 Å². The second-order valence-electron chi connectivity index (χ2n) is 6.41. The summed E-state index contributed by atoms with van der Waals surface area (Å²) >= 11 is 1.92. The number of nitrogens with zero attached hydrogens (tertiary/aromatic N) is 2. The maximum absolute atomic E-state index is 11.9. The zero-order chi connectivity index (χ0) is 17.4. The average molecular weight is 358 g/mol. The molecule has 0 aromatic heterocycles. The SMILES string of the molecule is CCOC(=O)C1CCN(C(=NC)NCC2(SC)CCOCC2)CC1. The minimum atomic E-state index is -0.0522. The Morgan fingerprint density at radius 3 is 2.58 bits per heavy atom. The summed E-state index contributed by atoms with van der Waals surface area (Å²) in [6.45, 7) is 6.59. The summed E-state index contributed by atoms with van der Waals surface area (Å²) in [5, 5.41) is 3.55. The number of hydrogen-bond donors (Lipinski definition) is 1. The third-order valence-electron chi connectivity index (χ3n) is 5.03. The summed E-state index contributed by atoms with van der Waals surface area (Å²) < 4.78 is 10.9. The minimum Gasteiger partial charge on any atom is -0.466 e. The molecule has 7 heteroatoms. The van der Waals surface area contributed by atoms with E-state index in [4.69, 9.17) is 9.47 Å². The van der Waals surface area contributed by atoms with Crippen LogP contribution in [0.2, 0.25) is 0 Å². The van der Waals surface area contributed by atoms with Crippen molar-refractivity contribution < 1.29 is 14.3 Å². The number of likely N-dealkylation sites (tertiary alicyclic amines) is 1. The first kappa shape index (κ1) is 19.4. The van der Waals surface area contributed by atoms with E-state index in [2.05, 4.69) is 21.5 Å². The Morgan fingerprint density at radius 1 is 1.38 bits per heavy atom. The first-order valence-corrected chi connectivity index (χ1v) is 10.1. The van der Waals surface area contributed by atoms with Crippen LogP contribution in [0.25, 0.3) is 0 Å². The van der Waals surface area contributed by atoms with Gasteiger partial charge in [0.2, 0.25) is 0 Å². The number of carbonyl (C=O) groups excluding carboxylic acids is 1. The number of esters is 1. The summed E-state index contributed by atoms with van der Waals surface area (Å²) in [5.74, 6) is 0.924. The number of rotatable bonds is 5. The maximum Gasteiger partial charge on any atom is 0.309 e. The number of hydrogen-bond acceptors (Lipinski definition) is 5. The smallest absolute Gasteiger partial charge is 0.309 e. The number of thioether (sulfide) groups is 1. The van der Waals surface area contributed by atoms with Crippen LogP contribution in [-0.2, 0) is 14.3 Å². The molecule has 0 amide bonds. The van der Waals surface area contributed by atoms with Crippen molar-refractivity contribution >= 4 is 23.7 Å². The van der Waals surface area contributed by atoms with Gasteiger partial charge >= 0.3 is 5.97 Å². The molecule has 0 radical (unpaired) electrons. The fourth-order valence-electron chi connectivity index (χ4n) is 3.36. The van der Waals surface area contributed by atoms with Gasteiger partial charge in [-0.15, -0.1) is 0 Å². The van der Waals surface area contributed by atoms with Crippen LogP contribution in [0.3, 0.4) is 0 Å². The Bertz CT molecular complexity index is 431. The molecule has 0 spiro atoms. The zero-order valence-corrected chi connectivity index (χ0v) is 16.0. The number of aliphatic imine (C=N–C) groups is 1. The van der Waals surface area contributed by atoms with Gasteiger partial charge in [-0.3, -0.25) is 9.79 Å². The normalized spacial score (nSPS) is 22.3. The highest BCUT2D eigenvalue weighted by Gasteiger charge is 2.33. The Hall–Kier alpha value is -0.950. The van der Waals surface area contributed by atoms with Crippen molar-refractivity contribution in [2.75, 3.05) is 52.8 Å². The average Bonchev–Trinajstić information content (AvgIpc) is 2.63. The molecular weight excluding hydrogens is 326 g/mol. The van der Waals surface area contributed by atoms with Crippen LogP contribution in [0, 0.1) is 5.92 Å². The van der Waals surface area contributed by atoms with Crippen molar-refractivity contribution in [2.45, 2.75) is 37.4 Å². The van der Waals surface area contributed by atoms with Crippen molar-refractivity contribution in [3.05, 3.63) is 0 Å². The largest absolute Gasteiger partial charge is 0.466 e. The number of carbonyl (C=O) groups is 1. The second-order valence-corrected chi connectivity index (χ2v) is 7.69. The lowest BCUT2D eigenvalue weighted by Crippen LogP contribution is -2.51. The molecule has 0 atom stereocenters. The van der Waals surface area contributed by atoms with E-state index in [9.17, 15) is 4.79 Å². The van der Waals surface area contributed by atoms with Crippen molar-refractivity contribution in [1.82, 2.24) is 10.2 Å². The molecule has 0 saturated carbocycles. The van der Waals surface area contributed by atoms with Crippen LogP contribution in [0.1, 0.15) is 32.6 Å². The second kappa shape index (κ2) is 9.51. The molecule has 2 aliphatic rings. The third kappa shape index (κ3) is 5.02. The topological polar surface area (TPSA) is 63.2 Å². The molecule has 0 bridgehead atoms. The first-order chi connectivity index (χ1) is 11.6. The molecule has 0 aromatic rings. The third-order valence-corrected chi connectivity index (χ3v) is 6.45. The van der Waals surface area contributed by atoms with Crippen LogP contribution in [0.15, 0.2) is 4.99 Å². The molecule has 2 aliphatic heterocycles. The summed E-state index contributed by atoms with van der Waals surface area (Å²) in [6.07, 6.45) is 5.99. The Labute approximate surface area is 149 Å². The van der Waals surface area contributed by atoms with Gasteiger partial charge in [-0.05, 0) is 38.9 Å². The standard InChI is InChI=1S/C17H31N3O3S/c1-4-23-15(21)14-5-9-20(10-6-14)16(18-2)19-13-17(24-3)7-11-22-12-8-17/h14H,4-13H2,1-3H3,(H,18,19). The molecular formula is C17H31N3O3S. The van der Waals surface area contributed by atoms with E-state index in [-0.39, 0.29) is 16.6 Å². The van der Waals surface area contributed by atoms with E-state index in [1.54, 1.807) is 0 Å². The lowest BCUT2D eigenvalue weighted by molar-refractivity contribution is -0.149. The van der Waals surface area contributed by atoms with E-state index < -0.39 is 0 Å². The van der Waals surface area contributed by atoms with E-state index in [0.717, 1.165) is 64.5 Å². The number of ether oxygens (including phenoxy) is 2. The molecule has 0 unspecified atom stereocenters. The summed E-state index contributed by atoms with van der Waals surface area (Å²) in [7, 11) is 1.83. The molecule has 0 aliphatic carbocycles. The van der Waals surface area contributed by atoms with Crippen molar-refractivity contribution in [3.63, 3.8) is 0 Å². The molecule has 1 N–H and O–H groups in total. The molecule has 0 aromatic carbocycles. The van der Waals surface area contributed by atoms with Gasteiger partial charge in [0, 0.05) is 44.6 Å². The monoisotopic (exact) mass is 357 g/mol. The van der Waals surface area contributed by atoms with Gasteiger partial charge in [0.25, 0.3) is 0 Å². The fraction of sp³-hybridized carbons (Fsp3) is 0.882. The van der Waals surface area contributed by atoms with E-state index in [1.807, 2.05) is 25.7 Å². The van der Waals surface area contributed by atoms with E-state index >= 15 is 0 Å². The summed E-state index contributed by atoms with van der Waals surface area (Å²) in [6, 6.07) is 0. The van der Waals surface area contributed by atoms with Crippen molar-refractivity contribution in [1.29, 1.82) is 0 Å². The lowest BCUT2D eigenvalue weighted by atomic mass is 9.97. The van der Waals surface area contributed by atoms with Crippen LogP contribution < -0.4 is 5.32 Å². The van der Waals surface area contributed by atoms with Crippen LogP contribution >= 0.6 is 11.8 Å². The Morgan fingerprint density at radius 2 is 2.04 bits per heavy atom. The van der Waals surface area contributed by atoms with Gasteiger partial charge in [0.1, 0.15) is 0 Å². The molecule has 2 fully saturated rings. The van der Waals surface area contributed by atoms with Gasteiger partial charge < -0.3 is 19.7 Å². The highest BCUT2D eigenvalue weighted by atomic mass is 32.2. The molecule has 138 valence electrons. The van der Waals surface area contributed by atoms with Crippen LogP contribution in [0.5, 0.6) is 0 Å². The molecule has 2 heterocycles. The maximum atomic E-state index is 11.9. The Kier molecular flexibility index (Phi) is 7.68. The van der Waals surface area contributed by atoms with Crippen molar-refractivity contribution in [3.8, 4) is 0 Å². The highest BCUT2D eigenvalue weighted by molar-refractivity contribution is 8.00. The molecule has 2 saturated heterocycles. The van der Waals surface area contributed by atoms with Crippen molar-refractivity contribution in [2.24, 2.45) is 10.9 Å². The molecule has 24 heavy (non-hydrogen) atoms. The lowest BCUT2D eigenvalue weighted by Gasteiger charge is -2.38. The van der Waals surface area contributed by atoms with E-state index in [0.29, 0.717) is 6.61 Å². The number of piperidine rings is 1. The quantitative estimate of drug-likeness (QED) is 0.459. The number of nitrogens with one attached hydrogen (secondary N) is 1. The predicted molar refractivity (Wildman–Crippen MR) is 98.6 cm³/mol.